The lowest BCUT2D eigenvalue weighted by Gasteiger charge is -2.17. The zero-order valence-electron chi connectivity index (χ0n) is 10.8. The standard InChI is InChI=1S/C16H16O2S/c1-18-15(17)12-19-16(13-8-4-2-5-9-13)14-10-6-3-7-11-14/h2-11,16H,12H2,1H3. The molecule has 0 N–H and O–H groups in total. The summed E-state index contributed by atoms with van der Waals surface area (Å²) in [6.07, 6.45) is 0. The van der Waals surface area contributed by atoms with Gasteiger partial charge in [-0.25, -0.2) is 0 Å². The molecule has 0 unspecified atom stereocenters. The molecule has 0 heterocycles. The molecule has 0 amide bonds. The van der Waals surface area contributed by atoms with Gasteiger partial charge in [-0.15, -0.1) is 11.8 Å². The Morgan fingerprint density at radius 1 is 1.00 bits per heavy atom. The van der Waals surface area contributed by atoms with Gasteiger partial charge >= 0.3 is 5.97 Å². The molecule has 0 aliphatic heterocycles. The van der Waals surface area contributed by atoms with Crippen LogP contribution in [0.4, 0.5) is 0 Å². The minimum atomic E-state index is -0.193. The number of methoxy groups -OCH3 is 1. The van der Waals surface area contributed by atoms with Crippen LogP contribution in [0.3, 0.4) is 0 Å². The molecule has 0 aliphatic carbocycles. The van der Waals surface area contributed by atoms with E-state index < -0.39 is 0 Å². The Balaban J connectivity index is 2.21. The number of rotatable bonds is 5. The second-order valence-electron chi connectivity index (χ2n) is 4.09. The predicted molar refractivity (Wildman–Crippen MR) is 79.2 cm³/mol. The summed E-state index contributed by atoms with van der Waals surface area (Å²) in [7, 11) is 1.42. The van der Waals surface area contributed by atoms with Crippen molar-refractivity contribution in [3.8, 4) is 0 Å². The van der Waals surface area contributed by atoms with Gasteiger partial charge in [-0.1, -0.05) is 60.7 Å². The molecule has 0 spiro atoms. The molecule has 2 nitrogen and oxygen atoms in total. The summed E-state index contributed by atoms with van der Waals surface area (Å²) in [5.41, 5.74) is 2.39. The Morgan fingerprint density at radius 3 is 1.89 bits per heavy atom. The van der Waals surface area contributed by atoms with Crippen molar-refractivity contribution in [2.45, 2.75) is 5.25 Å². The summed E-state index contributed by atoms with van der Waals surface area (Å²) in [6, 6.07) is 20.4. The number of carbonyl (C=O) groups excluding carboxylic acids is 1. The highest BCUT2D eigenvalue weighted by molar-refractivity contribution is 8.00. The van der Waals surface area contributed by atoms with Crippen LogP contribution in [0.15, 0.2) is 60.7 Å². The number of benzene rings is 2. The fourth-order valence-corrected chi connectivity index (χ4v) is 2.97. The number of ether oxygens (including phenoxy) is 1. The molecular weight excluding hydrogens is 256 g/mol. The summed E-state index contributed by atoms with van der Waals surface area (Å²) in [5.74, 6) is 0.159. The topological polar surface area (TPSA) is 26.3 Å². The predicted octanol–water partition coefficient (Wildman–Crippen LogP) is 3.68. The molecule has 2 aromatic carbocycles. The van der Waals surface area contributed by atoms with Gasteiger partial charge in [-0.3, -0.25) is 4.79 Å². The Hall–Kier alpha value is -1.74. The molecule has 0 aliphatic rings. The Labute approximate surface area is 117 Å². The normalized spacial score (nSPS) is 10.4. The number of thioether (sulfide) groups is 1. The minimum Gasteiger partial charge on any atom is -0.468 e. The maximum absolute atomic E-state index is 11.3. The maximum Gasteiger partial charge on any atom is 0.315 e. The van der Waals surface area contributed by atoms with Gasteiger partial charge in [0.1, 0.15) is 0 Å². The van der Waals surface area contributed by atoms with Gasteiger partial charge in [0.2, 0.25) is 0 Å². The van der Waals surface area contributed by atoms with Crippen LogP contribution in [0.25, 0.3) is 0 Å². The fourth-order valence-electron chi connectivity index (χ4n) is 1.85. The number of hydrogen-bond acceptors (Lipinski definition) is 3. The van der Waals surface area contributed by atoms with Crippen LogP contribution in [0, 0.1) is 0 Å². The molecule has 0 saturated carbocycles. The monoisotopic (exact) mass is 272 g/mol. The lowest BCUT2D eigenvalue weighted by molar-refractivity contribution is -0.137. The molecule has 2 aromatic rings. The highest BCUT2D eigenvalue weighted by atomic mass is 32.2. The largest absolute Gasteiger partial charge is 0.468 e. The second kappa shape index (κ2) is 7.00. The molecular formula is C16H16O2S. The third-order valence-electron chi connectivity index (χ3n) is 2.80. The maximum atomic E-state index is 11.3. The van der Waals surface area contributed by atoms with Gasteiger partial charge in [-0.2, -0.15) is 0 Å². The van der Waals surface area contributed by atoms with Crippen LogP contribution in [0.2, 0.25) is 0 Å². The van der Waals surface area contributed by atoms with Gasteiger partial charge < -0.3 is 4.74 Å². The van der Waals surface area contributed by atoms with Crippen molar-refractivity contribution in [2.24, 2.45) is 0 Å². The number of esters is 1. The van der Waals surface area contributed by atoms with E-state index in [1.165, 1.54) is 18.2 Å². The highest BCUT2D eigenvalue weighted by Crippen LogP contribution is 2.35. The average Bonchev–Trinajstić information content (AvgIpc) is 2.49. The van der Waals surface area contributed by atoms with Crippen molar-refractivity contribution in [3.63, 3.8) is 0 Å². The van der Waals surface area contributed by atoms with Crippen molar-refractivity contribution in [1.29, 1.82) is 0 Å². The van der Waals surface area contributed by atoms with Crippen molar-refractivity contribution in [3.05, 3.63) is 71.8 Å². The van der Waals surface area contributed by atoms with Crippen LogP contribution in [-0.4, -0.2) is 18.8 Å². The molecule has 0 atom stereocenters. The summed E-state index contributed by atoms with van der Waals surface area (Å²) in [4.78, 5) is 11.3. The molecule has 98 valence electrons. The third-order valence-corrected chi connectivity index (χ3v) is 4.08. The van der Waals surface area contributed by atoms with Crippen LogP contribution in [0.5, 0.6) is 0 Å². The van der Waals surface area contributed by atoms with E-state index in [0.717, 1.165) is 0 Å². The highest BCUT2D eigenvalue weighted by Gasteiger charge is 2.16. The van der Waals surface area contributed by atoms with Gasteiger partial charge in [0.05, 0.1) is 18.1 Å². The smallest absolute Gasteiger partial charge is 0.315 e. The quantitative estimate of drug-likeness (QED) is 0.777. The molecule has 0 bridgehead atoms. The fraction of sp³-hybridized carbons (Fsp3) is 0.188. The van der Waals surface area contributed by atoms with Crippen molar-refractivity contribution < 1.29 is 9.53 Å². The summed E-state index contributed by atoms with van der Waals surface area (Å²) in [5, 5.41) is 0.154. The van der Waals surface area contributed by atoms with Crippen molar-refractivity contribution in [1.82, 2.24) is 0 Å². The first-order valence-corrected chi connectivity index (χ1v) is 7.14. The van der Waals surface area contributed by atoms with E-state index in [2.05, 4.69) is 24.3 Å². The van der Waals surface area contributed by atoms with Crippen LogP contribution in [0.1, 0.15) is 16.4 Å². The molecule has 0 radical (unpaired) electrons. The van der Waals surface area contributed by atoms with E-state index >= 15 is 0 Å². The lowest BCUT2D eigenvalue weighted by Crippen LogP contribution is -2.06. The van der Waals surface area contributed by atoms with Crippen LogP contribution >= 0.6 is 11.8 Å². The lowest BCUT2D eigenvalue weighted by atomic mass is 10.0. The van der Waals surface area contributed by atoms with Crippen LogP contribution < -0.4 is 0 Å². The number of carbonyl (C=O) groups is 1. The van der Waals surface area contributed by atoms with E-state index in [0.29, 0.717) is 5.75 Å². The summed E-state index contributed by atoms with van der Waals surface area (Å²) in [6.45, 7) is 0. The molecule has 19 heavy (non-hydrogen) atoms. The third kappa shape index (κ3) is 3.86. The van der Waals surface area contributed by atoms with Gasteiger partial charge in [-0.05, 0) is 11.1 Å². The number of hydrogen-bond donors (Lipinski definition) is 0. The molecule has 0 fully saturated rings. The SMILES string of the molecule is COC(=O)CSC(c1ccccc1)c1ccccc1. The molecule has 2 rings (SSSR count). The van der Waals surface area contributed by atoms with Gasteiger partial charge in [0, 0.05) is 0 Å². The Kier molecular flexibility index (Phi) is 5.04. The molecule has 0 saturated heterocycles. The van der Waals surface area contributed by atoms with Gasteiger partial charge in [0.25, 0.3) is 0 Å². The van der Waals surface area contributed by atoms with Crippen molar-refractivity contribution in [2.75, 3.05) is 12.9 Å². The van der Waals surface area contributed by atoms with Crippen molar-refractivity contribution >= 4 is 17.7 Å². The van der Waals surface area contributed by atoms with Gasteiger partial charge in [0.15, 0.2) is 0 Å². The van der Waals surface area contributed by atoms with Crippen LogP contribution in [-0.2, 0) is 9.53 Å². The first-order valence-electron chi connectivity index (χ1n) is 6.09. The van der Waals surface area contributed by atoms with E-state index in [1.54, 1.807) is 11.8 Å². The summed E-state index contributed by atoms with van der Waals surface area (Å²) >= 11 is 1.59. The van der Waals surface area contributed by atoms with E-state index in [-0.39, 0.29) is 11.2 Å². The first-order chi connectivity index (χ1) is 9.31. The zero-order valence-corrected chi connectivity index (χ0v) is 11.6. The van der Waals surface area contributed by atoms with E-state index in [1.807, 2.05) is 36.4 Å². The second-order valence-corrected chi connectivity index (χ2v) is 5.18. The molecule has 0 aromatic heterocycles. The molecule has 3 heteroatoms. The summed E-state index contributed by atoms with van der Waals surface area (Å²) < 4.78 is 4.71. The Morgan fingerprint density at radius 2 is 1.47 bits per heavy atom. The average molecular weight is 272 g/mol. The van der Waals surface area contributed by atoms with E-state index in [9.17, 15) is 4.79 Å². The Bertz CT molecular complexity index is 471. The zero-order chi connectivity index (χ0) is 13.5. The minimum absolute atomic E-state index is 0.154. The first kappa shape index (κ1) is 13.7. The van der Waals surface area contributed by atoms with E-state index in [4.69, 9.17) is 4.74 Å².